The summed E-state index contributed by atoms with van der Waals surface area (Å²) >= 11 is 0. The van der Waals surface area contributed by atoms with Crippen molar-refractivity contribution in [1.29, 1.82) is 0 Å². The van der Waals surface area contributed by atoms with Gasteiger partial charge in [-0.3, -0.25) is 4.79 Å². The number of nitrogens with one attached hydrogen (secondary N) is 1. The molecule has 1 fully saturated rings. The van der Waals surface area contributed by atoms with Crippen LogP contribution in [0, 0.1) is 11.8 Å². The highest BCUT2D eigenvalue weighted by molar-refractivity contribution is 6.06. The van der Waals surface area contributed by atoms with Crippen molar-refractivity contribution in [2.24, 2.45) is 16.9 Å². The Morgan fingerprint density at radius 1 is 1.15 bits per heavy atom. The molecule has 178 valence electrons. The van der Waals surface area contributed by atoms with Crippen LogP contribution in [0.3, 0.4) is 0 Å². The fraction of sp³-hybridized carbons (Fsp3) is 0.440. The zero-order valence-electron chi connectivity index (χ0n) is 19.4. The summed E-state index contributed by atoms with van der Waals surface area (Å²) in [6, 6.07) is 11.2. The number of fused-ring (bicyclic) bond motifs is 1. The number of carbonyl (C=O) groups is 2. The smallest absolute Gasteiger partial charge is 0.322 e. The molecule has 4 heterocycles. The molecule has 0 radical (unpaired) electrons. The maximum absolute atomic E-state index is 12.8. The van der Waals surface area contributed by atoms with Crippen molar-refractivity contribution in [1.82, 2.24) is 14.9 Å². The Hall–Kier alpha value is -3.46. The van der Waals surface area contributed by atoms with E-state index in [1.807, 2.05) is 37.3 Å². The quantitative estimate of drug-likeness (QED) is 0.724. The molecular formula is C25H30N6O3. The van der Waals surface area contributed by atoms with E-state index in [1.54, 1.807) is 16.0 Å². The number of urea groups is 1. The third-order valence-electron chi connectivity index (χ3n) is 6.75. The molecule has 9 heteroatoms. The summed E-state index contributed by atoms with van der Waals surface area (Å²) in [5, 5.41) is 9.34. The number of rotatable bonds is 4. The maximum atomic E-state index is 12.8. The average Bonchev–Trinajstić information content (AvgIpc) is 3.26. The van der Waals surface area contributed by atoms with Gasteiger partial charge in [0.1, 0.15) is 5.82 Å². The van der Waals surface area contributed by atoms with Gasteiger partial charge in [0.2, 0.25) is 5.91 Å². The van der Waals surface area contributed by atoms with Gasteiger partial charge in [-0.2, -0.15) is 5.10 Å². The van der Waals surface area contributed by atoms with E-state index in [-0.39, 0.29) is 17.9 Å². The molecule has 1 aromatic carbocycles. The molecular weight excluding hydrogens is 432 g/mol. The molecule has 3 aliphatic rings. The lowest BCUT2D eigenvalue weighted by atomic mass is 9.93. The van der Waals surface area contributed by atoms with Crippen LogP contribution in [0.2, 0.25) is 0 Å². The molecule has 34 heavy (non-hydrogen) atoms. The van der Waals surface area contributed by atoms with E-state index in [1.165, 1.54) is 0 Å². The van der Waals surface area contributed by atoms with Crippen LogP contribution < -0.4 is 11.1 Å². The second-order valence-electron chi connectivity index (χ2n) is 9.33. The number of anilines is 2. The Bertz CT molecular complexity index is 1110. The summed E-state index contributed by atoms with van der Waals surface area (Å²) in [5.41, 5.74) is 10.2. The van der Waals surface area contributed by atoms with Crippen molar-refractivity contribution < 1.29 is 14.3 Å². The summed E-state index contributed by atoms with van der Waals surface area (Å²) in [6.07, 6.45) is 2.38. The molecule has 0 spiro atoms. The van der Waals surface area contributed by atoms with Gasteiger partial charge in [0.25, 0.3) is 0 Å². The normalized spacial score (nSPS) is 20.8. The van der Waals surface area contributed by atoms with Crippen molar-refractivity contribution >= 4 is 29.2 Å². The number of hydrazone groups is 1. The van der Waals surface area contributed by atoms with Crippen molar-refractivity contribution in [3.05, 3.63) is 53.2 Å². The van der Waals surface area contributed by atoms with Crippen LogP contribution >= 0.6 is 0 Å². The van der Waals surface area contributed by atoms with E-state index < -0.39 is 0 Å². The van der Waals surface area contributed by atoms with Crippen molar-refractivity contribution in [2.75, 3.05) is 30.8 Å². The first-order valence-electron chi connectivity index (χ1n) is 11.8. The van der Waals surface area contributed by atoms with Gasteiger partial charge in [-0.15, -0.1) is 0 Å². The fourth-order valence-electron chi connectivity index (χ4n) is 4.75. The number of carbonyl (C=O) groups excluding carboxylic acids is 2. The number of ether oxygens (including phenoxy) is 1. The largest absolute Gasteiger partial charge is 0.384 e. The Labute approximate surface area is 199 Å². The standard InChI is InChI=1S/C25H30N6O3/c1-16-12-23(32)31(13-17-8-10-34-11-9-17)29-24(16)18-2-5-20(6-3-18)27-25(33)30-14-19-4-7-22(26)28-21(19)15-30/h2-7,16-17H,8-15H2,1H3,(H2,26,28)(H,27,33)/t16-/m0/s1. The van der Waals surface area contributed by atoms with Crippen LogP contribution in [0.5, 0.6) is 0 Å². The second kappa shape index (κ2) is 9.42. The Balaban J connectivity index is 1.24. The van der Waals surface area contributed by atoms with Crippen molar-refractivity contribution in [3.8, 4) is 0 Å². The Morgan fingerprint density at radius 3 is 2.68 bits per heavy atom. The van der Waals surface area contributed by atoms with Crippen LogP contribution in [-0.2, 0) is 22.6 Å². The summed E-state index contributed by atoms with van der Waals surface area (Å²) in [5.74, 6) is 1.01. The minimum atomic E-state index is -0.180. The third kappa shape index (κ3) is 4.75. The van der Waals surface area contributed by atoms with Crippen LogP contribution in [0.15, 0.2) is 41.5 Å². The summed E-state index contributed by atoms with van der Waals surface area (Å²) in [6.45, 7) is 5.13. The summed E-state index contributed by atoms with van der Waals surface area (Å²) in [7, 11) is 0. The van der Waals surface area contributed by atoms with Crippen molar-refractivity contribution in [2.45, 2.75) is 39.3 Å². The molecule has 2 aromatic rings. The number of aromatic nitrogens is 1. The van der Waals surface area contributed by atoms with Gasteiger partial charge in [-0.1, -0.05) is 25.1 Å². The van der Waals surface area contributed by atoms with E-state index in [2.05, 4.69) is 10.3 Å². The van der Waals surface area contributed by atoms with E-state index in [0.717, 1.165) is 48.6 Å². The van der Waals surface area contributed by atoms with Gasteiger partial charge in [0.05, 0.1) is 18.0 Å². The van der Waals surface area contributed by atoms with Crippen LogP contribution in [0.1, 0.15) is 43.0 Å². The lowest BCUT2D eigenvalue weighted by Crippen LogP contribution is -2.40. The number of hydrogen-bond acceptors (Lipinski definition) is 6. The molecule has 3 N–H and O–H groups in total. The molecule has 1 saturated heterocycles. The predicted octanol–water partition coefficient (Wildman–Crippen LogP) is 3.21. The number of benzene rings is 1. The zero-order valence-corrected chi connectivity index (χ0v) is 19.4. The molecule has 3 aliphatic heterocycles. The molecule has 1 atom stereocenters. The van der Waals surface area contributed by atoms with Crippen LogP contribution in [-0.4, -0.2) is 52.3 Å². The molecule has 5 rings (SSSR count). The van der Waals surface area contributed by atoms with Gasteiger partial charge in [-0.25, -0.2) is 14.8 Å². The van der Waals surface area contributed by atoms with Crippen molar-refractivity contribution in [3.63, 3.8) is 0 Å². The van der Waals surface area contributed by atoms with E-state index in [0.29, 0.717) is 43.5 Å². The monoisotopic (exact) mass is 462 g/mol. The fourth-order valence-corrected chi connectivity index (χ4v) is 4.75. The number of nitrogens with zero attached hydrogens (tertiary/aromatic N) is 4. The Kier molecular flexibility index (Phi) is 6.19. The number of hydrogen-bond donors (Lipinski definition) is 2. The highest BCUT2D eigenvalue weighted by atomic mass is 16.5. The lowest BCUT2D eigenvalue weighted by Gasteiger charge is -2.31. The first-order chi connectivity index (χ1) is 16.5. The molecule has 9 nitrogen and oxygen atoms in total. The zero-order chi connectivity index (χ0) is 23.7. The van der Waals surface area contributed by atoms with E-state index in [9.17, 15) is 9.59 Å². The van der Waals surface area contributed by atoms with Gasteiger partial charge in [0, 0.05) is 44.3 Å². The molecule has 1 aromatic heterocycles. The second-order valence-corrected chi connectivity index (χ2v) is 9.33. The van der Waals surface area contributed by atoms with E-state index in [4.69, 9.17) is 15.6 Å². The number of amides is 3. The first-order valence-corrected chi connectivity index (χ1v) is 11.8. The SMILES string of the molecule is C[C@H]1CC(=O)N(CC2CCOCC2)N=C1c1ccc(NC(=O)N2Cc3ccc(N)nc3C2)cc1. The number of nitrogens with two attached hydrogens (primary N) is 1. The molecule has 0 bridgehead atoms. The highest BCUT2D eigenvalue weighted by Gasteiger charge is 2.30. The van der Waals surface area contributed by atoms with Crippen LogP contribution in [0.25, 0.3) is 0 Å². The average molecular weight is 463 g/mol. The minimum Gasteiger partial charge on any atom is -0.384 e. The lowest BCUT2D eigenvalue weighted by molar-refractivity contribution is -0.133. The Morgan fingerprint density at radius 2 is 1.91 bits per heavy atom. The topological polar surface area (TPSA) is 113 Å². The third-order valence-corrected chi connectivity index (χ3v) is 6.75. The summed E-state index contributed by atoms with van der Waals surface area (Å²) < 4.78 is 5.44. The van der Waals surface area contributed by atoms with Gasteiger partial charge >= 0.3 is 6.03 Å². The summed E-state index contributed by atoms with van der Waals surface area (Å²) in [4.78, 5) is 31.4. The molecule has 0 unspecified atom stereocenters. The molecule has 0 aliphatic carbocycles. The molecule has 0 saturated carbocycles. The van der Waals surface area contributed by atoms with Crippen LogP contribution in [0.4, 0.5) is 16.3 Å². The van der Waals surface area contributed by atoms with Gasteiger partial charge < -0.3 is 20.7 Å². The van der Waals surface area contributed by atoms with Gasteiger partial charge in [-0.05, 0) is 48.1 Å². The first kappa shape index (κ1) is 22.3. The molecule has 3 amide bonds. The maximum Gasteiger partial charge on any atom is 0.322 e. The van der Waals surface area contributed by atoms with E-state index >= 15 is 0 Å². The highest BCUT2D eigenvalue weighted by Crippen LogP contribution is 2.26. The number of nitrogen functional groups attached to an aromatic ring is 1. The van der Waals surface area contributed by atoms with Gasteiger partial charge in [0.15, 0.2) is 0 Å². The number of pyridine rings is 1. The minimum absolute atomic E-state index is 0.0434. The predicted molar refractivity (Wildman–Crippen MR) is 129 cm³/mol.